The Hall–Kier alpha value is -3.66. The van der Waals surface area contributed by atoms with Gasteiger partial charge in [-0.1, -0.05) is 36.0 Å². The van der Waals surface area contributed by atoms with Crippen molar-refractivity contribution in [3.63, 3.8) is 0 Å². The molecule has 0 aliphatic rings. The second-order valence-corrected chi connectivity index (χ2v) is 8.94. The normalized spacial score (nSPS) is 11.1. The molecule has 0 bridgehead atoms. The van der Waals surface area contributed by atoms with Crippen LogP contribution in [0.2, 0.25) is 0 Å². The highest BCUT2D eigenvalue weighted by molar-refractivity contribution is 7.99. The van der Waals surface area contributed by atoms with Crippen LogP contribution >= 0.6 is 11.8 Å². The summed E-state index contributed by atoms with van der Waals surface area (Å²) < 4.78 is 22.5. The Morgan fingerprint density at radius 2 is 1.97 bits per heavy atom. The van der Waals surface area contributed by atoms with E-state index in [1.807, 2.05) is 31.2 Å². The van der Waals surface area contributed by atoms with Gasteiger partial charge < -0.3 is 10.1 Å². The third-order valence-corrected chi connectivity index (χ3v) is 6.57. The lowest BCUT2D eigenvalue weighted by Gasteiger charge is -2.14. The van der Waals surface area contributed by atoms with Crippen LogP contribution in [0.3, 0.4) is 0 Å². The Morgan fingerprint density at radius 1 is 1.20 bits per heavy atom. The third-order valence-electron chi connectivity index (χ3n) is 5.59. The monoisotopic (exact) mass is 495 g/mol. The van der Waals surface area contributed by atoms with Gasteiger partial charge in [0.25, 0.3) is 5.56 Å². The summed E-state index contributed by atoms with van der Waals surface area (Å²) in [7, 11) is 1.58. The van der Waals surface area contributed by atoms with E-state index in [0.717, 1.165) is 17.3 Å². The molecule has 8 nitrogen and oxygen atoms in total. The fourth-order valence-electron chi connectivity index (χ4n) is 3.77. The number of methoxy groups -OCH3 is 1. The van der Waals surface area contributed by atoms with E-state index >= 15 is 0 Å². The molecule has 4 aromatic rings. The summed E-state index contributed by atoms with van der Waals surface area (Å²) in [6.45, 7) is 6.11. The molecule has 1 amide bonds. The fraction of sp³-hybridized carbons (Fsp3) is 0.280. The van der Waals surface area contributed by atoms with Gasteiger partial charge in [-0.2, -0.15) is 5.10 Å². The first-order valence-corrected chi connectivity index (χ1v) is 12.1. The first-order valence-electron chi connectivity index (χ1n) is 11.1. The molecular formula is C25H26FN5O3S. The molecule has 0 radical (unpaired) electrons. The second-order valence-electron chi connectivity index (χ2n) is 8.00. The Kier molecular flexibility index (Phi) is 7.20. The topological polar surface area (TPSA) is 91.0 Å². The molecular weight excluding hydrogens is 469 g/mol. The van der Waals surface area contributed by atoms with Crippen LogP contribution in [-0.4, -0.2) is 38.1 Å². The number of aromatic nitrogens is 4. The van der Waals surface area contributed by atoms with E-state index < -0.39 is 5.82 Å². The molecule has 0 fully saturated rings. The lowest BCUT2D eigenvalue weighted by molar-refractivity contribution is -0.113. The first-order chi connectivity index (χ1) is 16.8. The Morgan fingerprint density at radius 3 is 2.69 bits per heavy atom. The number of carbonyl (C=O) groups excluding carboxylic acids is 1. The van der Waals surface area contributed by atoms with E-state index in [9.17, 15) is 14.0 Å². The zero-order chi connectivity index (χ0) is 25.1. The van der Waals surface area contributed by atoms with Gasteiger partial charge >= 0.3 is 0 Å². The van der Waals surface area contributed by atoms with Crippen molar-refractivity contribution in [3.8, 4) is 5.75 Å². The van der Waals surface area contributed by atoms with Crippen LogP contribution in [0.15, 0.2) is 52.4 Å². The molecule has 2 aromatic heterocycles. The van der Waals surface area contributed by atoms with Crippen molar-refractivity contribution < 1.29 is 13.9 Å². The largest absolute Gasteiger partial charge is 0.496 e. The van der Waals surface area contributed by atoms with E-state index in [1.165, 1.54) is 10.6 Å². The van der Waals surface area contributed by atoms with Gasteiger partial charge in [-0.3, -0.25) is 18.8 Å². The molecule has 1 N–H and O–H groups in total. The van der Waals surface area contributed by atoms with Gasteiger partial charge in [-0.25, -0.2) is 9.37 Å². The van der Waals surface area contributed by atoms with Crippen LogP contribution in [0, 0.1) is 19.7 Å². The second kappa shape index (κ2) is 10.3. The fourth-order valence-corrected chi connectivity index (χ4v) is 4.56. The molecule has 0 aliphatic carbocycles. The van der Waals surface area contributed by atoms with Gasteiger partial charge in [0, 0.05) is 17.8 Å². The van der Waals surface area contributed by atoms with Crippen molar-refractivity contribution in [2.45, 2.75) is 39.0 Å². The van der Waals surface area contributed by atoms with Crippen LogP contribution in [0.4, 0.5) is 10.1 Å². The van der Waals surface area contributed by atoms with Crippen LogP contribution in [0.1, 0.15) is 23.7 Å². The van der Waals surface area contributed by atoms with E-state index in [1.54, 1.807) is 37.8 Å². The van der Waals surface area contributed by atoms with E-state index in [2.05, 4.69) is 10.4 Å². The minimum absolute atomic E-state index is 0.0136. The molecule has 0 atom stereocenters. The molecule has 0 saturated heterocycles. The third kappa shape index (κ3) is 5.07. The maximum atomic E-state index is 13.8. The number of para-hydroxylation sites is 1. The highest BCUT2D eigenvalue weighted by atomic mass is 32.2. The molecule has 2 heterocycles. The van der Waals surface area contributed by atoms with Gasteiger partial charge in [0.1, 0.15) is 17.1 Å². The average Bonchev–Trinajstić information content (AvgIpc) is 3.18. The van der Waals surface area contributed by atoms with Crippen molar-refractivity contribution in [2.75, 3.05) is 18.2 Å². The highest BCUT2D eigenvalue weighted by Crippen LogP contribution is 2.24. The van der Waals surface area contributed by atoms with Crippen molar-refractivity contribution in [3.05, 3.63) is 75.5 Å². The van der Waals surface area contributed by atoms with Crippen molar-refractivity contribution in [1.82, 2.24) is 19.3 Å². The Labute approximate surface area is 206 Å². The standard InChI is InChI=1S/C25H26FN5O3S/c1-5-31-23-22(16(3)29-31)28-25(30(24(23)33)13-17-8-6-7-9-20(17)34-4)35-14-21(32)27-18-11-10-15(2)19(26)12-18/h6-12H,5,13-14H2,1-4H3,(H,27,32). The number of anilines is 1. The summed E-state index contributed by atoms with van der Waals surface area (Å²) >= 11 is 1.14. The minimum Gasteiger partial charge on any atom is -0.496 e. The maximum Gasteiger partial charge on any atom is 0.280 e. The number of nitrogens with one attached hydrogen (secondary N) is 1. The number of hydrogen-bond acceptors (Lipinski definition) is 6. The number of carbonyl (C=O) groups is 1. The van der Waals surface area contributed by atoms with Gasteiger partial charge in [-0.05, 0) is 44.5 Å². The summed E-state index contributed by atoms with van der Waals surface area (Å²) in [4.78, 5) is 31.0. The predicted octanol–water partition coefficient (Wildman–Crippen LogP) is 4.16. The molecule has 2 aromatic carbocycles. The predicted molar refractivity (Wildman–Crippen MR) is 135 cm³/mol. The van der Waals surface area contributed by atoms with Gasteiger partial charge in [0.15, 0.2) is 10.7 Å². The average molecular weight is 496 g/mol. The number of rotatable bonds is 8. The number of halogens is 1. The lowest BCUT2D eigenvalue weighted by Crippen LogP contribution is -2.26. The quantitative estimate of drug-likeness (QED) is 0.292. The summed E-state index contributed by atoms with van der Waals surface area (Å²) in [6.07, 6.45) is 0. The van der Waals surface area contributed by atoms with E-state index in [0.29, 0.717) is 45.4 Å². The molecule has 182 valence electrons. The van der Waals surface area contributed by atoms with Crippen LogP contribution in [0.5, 0.6) is 5.75 Å². The summed E-state index contributed by atoms with van der Waals surface area (Å²) in [6, 6.07) is 12.0. The summed E-state index contributed by atoms with van der Waals surface area (Å²) in [5, 5.41) is 7.53. The summed E-state index contributed by atoms with van der Waals surface area (Å²) in [5.74, 6) is -0.0934. The number of nitrogens with zero attached hydrogens (tertiary/aromatic N) is 4. The maximum absolute atomic E-state index is 13.8. The number of amides is 1. The zero-order valence-electron chi connectivity index (χ0n) is 20.0. The van der Waals surface area contributed by atoms with Crippen molar-refractivity contribution in [1.29, 1.82) is 0 Å². The molecule has 0 unspecified atom stereocenters. The molecule has 10 heteroatoms. The van der Waals surface area contributed by atoms with E-state index in [4.69, 9.17) is 9.72 Å². The molecule has 35 heavy (non-hydrogen) atoms. The smallest absolute Gasteiger partial charge is 0.280 e. The lowest BCUT2D eigenvalue weighted by atomic mass is 10.2. The molecule has 0 aliphatic heterocycles. The van der Waals surface area contributed by atoms with Crippen molar-refractivity contribution in [2.24, 2.45) is 0 Å². The van der Waals surface area contributed by atoms with Crippen LogP contribution in [0.25, 0.3) is 11.0 Å². The SMILES string of the molecule is CCn1nc(C)c2nc(SCC(=O)Nc3ccc(C)c(F)c3)n(Cc3ccccc3OC)c(=O)c21. The highest BCUT2D eigenvalue weighted by Gasteiger charge is 2.20. The van der Waals surface area contributed by atoms with E-state index in [-0.39, 0.29) is 23.8 Å². The number of fused-ring (bicyclic) bond motifs is 1. The van der Waals surface area contributed by atoms with Gasteiger partial charge in [0.05, 0.1) is 25.1 Å². The molecule has 4 rings (SSSR count). The van der Waals surface area contributed by atoms with Crippen LogP contribution in [-0.2, 0) is 17.9 Å². The Bertz CT molecular complexity index is 1460. The first kappa shape index (κ1) is 24.5. The van der Waals surface area contributed by atoms with Crippen molar-refractivity contribution >= 4 is 34.4 Å². The van der Waals surface area contributed by atoms with Gasteiger partial charge in [-0.15, -0.1) is 0 Å². The number of ether oxygens (including phenoxy) is 1. The number of aryl methyl sites for hydroxylation is 3. The van der Waals surface area contributed by atoms with Gasteiger partial charge in [0.2, 0.25) is 5.91 Å². The molecule has 0 saturated carbocycles. The number of benzene rings is 2. The number of hydrogen-bond donors (Lipinski definition) is 1. The van der Waals surface area contributed by atoms with Crippen LogP contribution < -0.4 is 15.6 Å². The molecule has 0 spiro atoms. The summed E-state index contributed by atoms with van der Waals surface area (Å²) in [5.41, 5.74) is 3.00. The minimum atomic E-state index is -0.392. The zero-order valence-corrected chi connectivity index (χ0v) is 20.8. The Balaban J connectivity index is 1.69. The number of thioether (sulfide) groups is 1.